The molecule has 17 heavy (non-hydrogen) atoms. The van der Waals surface area contributed by atoms with Gasteiger partial charge in [-0.2, -0.15) is 5.43 Å². The molecule has 0 atom stereocenters. The van der Waals surface area contributed by atoms with Gasteiger partial charge in [-0.05, 0) is 12.1 Å². The Hall–Kier alpha value is -2.08. The van der Waals surface area contributed by atoms with E-state index in [1.165, 1.54) is 0 Å². The first-order valence-electron chi connectivity index (χ1n) is 5.08. The number of carbonyl (C=O) groups excluding carboxylic acids is 1. The molecule has 0 radical (unpaired) electrons. The minimum absolute atomic E-state index is 0.131. The second-order valence-electron chi connectivity index (χ2n) is 4.17. The van der Waals surface area contributed by atoms with Gasteiger partial charge in [0.2, 0.25) is 0 Å². The molecule has 3 N–H and O–H groups in total. The highest BCUT2D eigenvalue weighted by Gasteiger charge is 2.22. The second kappa shape index (κ2) is 5.31. The highest BCUT2D eigenvalue weighted by molar-refractivity contribution is 5.88. The third-order valence-corrected chi connectivity index (χ3v) is 1.97. The number of carboxylic acid groups (broad SMARTS) is 1. The van der Waals surface area contributed by atoms with Crippen molar-refractivity contribution >= 4 is 17.7 Å². The zero-order chi connectivity index (χ0) is 12.9. The van der Waals surface area contributed by atoms with Crippen LogP contribution in [-0.2, 0) is 4.79 Å². The second-order valence-corrected chi connectivity index (χ2v) is 4.17. The van der Waals surface area contributed by atoms with E-state index in [-0.39, 0.29) is 11.1 Å². The summed E-state index contributed by atoms with van der Waals surface area (Å²) in [6.45, 7) is -0.192. The number of carboxylic acids is 1. The van der Waals surface area contributed by atoms with Gasteiger partial charge in [0.05, 0.1) is 14.1 Å². The first kappa shape index (κ1) is 13.0. The Bertz CT molecular complexity index is 404. The molecule has 0 unspecified atom stereocenters. The van der Waals surface area contributed by atoms with Crippen LogP contribution in [0, 0.1) is 0 Å². The van der Waals surface area contributed by atoms with E-state index in [1.54, 1.807) is 38.4 Å². The molecule has 0 aromatic heterocycles. The van der Waals surface area contributed by atoms with Gasteiger partial charge in [-0.25, -0.2) is 14.2 Å². The zero-order valence-corrected chi connectivity index (χ0v) is 9.80. The Morgan fingerprint density at radius 2 is 1.82 bits per heavy atom. The minimum atomic E-state index is -0.977. The Morgan fingerprint density at radius 3 is 2.35 bits per heavy atom. The monoisotopic (exact) mass is 238 g/mol. The van der Waals surface area contributed by atoms with Crippen LogP contribution in [0.25, 0.3) is 0 Å². The SMILES string of the molecule is C[N+](C)(CC(=O)O)NC(=O)Nc1ccccc1. The van der Waals surface area contributed by atoms with Gasteiger partial charge < -0.3 is 10.4 Å². The maximum Gasteiger partial charge on any atom is 0.363 e. The van der Waals surface area contributed by atoms with Crippen molar-refractivity contribution in [2.45, 2.75) is 0 Å². The van der Waals surface area contributed by atoms with E-state index in [2.05, 4.69) is 10.7 Å². The zero-order valence-electron chi connectivity index (χ0n) is 9.80. The van der Waals surface area contributed by atoms with Gasteiger partial charge in [0, 0.05) is 5.69 Å². The standard InChI is InChI=1S/C11H15N3O3/c1-14(2,8-10(15)16)13-11(17)12-9-6-4-3-5-7-9/h3-7H,8H2,1-2H3,(H2-,12,13,15,16,17)/p+1. The molecule has 6 heteroatoms. The summed E-state index contributed by atoms with van der Waals surface area (Å²) in [5, 5.41) is 11.3. The number of benzene rings is 1. The molecular weight excluding hydrogens is 222 g/mol. The Balaban J connectivity index is 2.52. The van der Waals surface area contributed by atoms with Gasteiger partial charge in [-0.3, -0.25) is 0 Å². The number of para-hydroxylation sites is 1. The highest BCUT2D eigenvalue weighted by Crippen LogP contribution is 2.04. The summed E-state index contributed by atoms with van der Waals surface area (Å²) in [6.07, 6.45) is 0. The van der Waals surface area contributed by atoms with E-state index in [0.717, 1.165) is 0 Å². The van der Waals surface area contributed by atoms with Gasteiger partial charge in [-0.15, -0.1) is 0 Å². The van der Waals surface area contributed by atoms with E-state index in [0.29, 0.717) is 5.69 Å². The molecule has 2 amide bonds. The average Bonchev–Trinajstić information content (AvgIpc) is 2.15. The largest absolute Gasteiger partial charge is 0.477 e. The lowest BCUT2D eigenvalue weighted by molar-refractivity contribution is -0.917. The predicted molar refractivity (Wildman–Crippen MR) is 63.2 cm³/mol. The number of rotatable bonds is 4. The third kappa shape index (κ3) is 4.98. The number of aliphatic carboxylic acids is 1. The molecule has 1 aromatic carbocycles. The van der Waals surface area contributed by atoms with E-state index in [4.69, 9.17) is 5.11 Å². The number of hydrogen-bond donors (Lipinski definition) is 3. The summed E-state index contributed by atoms with van der Waals surface area (Å²) in [4.78, 5) is 22.1. The Labute approximate surface area is 99.4 Å². The molecule has 6 nitrogen and oxygen atoms in total. The molecule has 0 fully saturated rings. The quantitative estimate of drug-likeness (QED) is 0.538. The number of anilines is 1. The Morgan fingerprint density at radius 1 is 1.24 bits per heavy atom. The lowest BCUT2D eigenvalue weighted by Crippen LogP contribution is -2.57. The summed E-state index contributed by atoms with van der Waals surface area (Å²) in [5.41, 5.74) is 3.20. The van der Waals surface area contributed by atoms with Crippen LogP contribution in [0.15, 0.2) is 30.3 Å². The van der Waals surface area contributed by atoms with Gasteiger partial charge in [0.25, 0.3) is 0 Å². The van der Waals surface area contributed by atoms with Crippen LogP contribution in [-0.4, -0.2) is 42.3 Å². The van der Waals surface area contributed by atoms with E-state index in [9.17, 15) is 9.59 Å². The predicted octanol–water partition coefficient (Wildman–Crippen LogP) is 0.884. The molecule has 0 saturated carbocycles. The normalized spacial score (nSPS) is 10.7. The van der Waals surface area contributed by atoms with Crippen molar-refractivity contribution in [3.8, 4) is 0 Å². The number of urea groups is 1. The molecule has 0 spiro atoms. The summed E-state index contributed by atoms with van der Waals surface area (Å²) in [6, 6.07) is 8.49. The van der Waals surface area contributed by atoms with Crippen molar-refractivity contribution in [1.29, 1.82) is 0 Å². The number of amides is 2. The van der Waals surface area contributed by atoms with Crippen molar-refractivity contribution in [2.75, 3.05) is 26.0 Å². The number of nitrogens with zero attached hydrogens (tertiary/aromatic N) is 1. The third-order valence-electron chi connectivity index (χ3n) is 1.97. The van der Waals surface area contributed by atoms with E-state index in [1.807, 2.05) is 6.07 Å². The van der Waals surface area contributed by atoms with Gasteiger partial charge in [0.15, 0.2) is 6.54 Å². The maximum absolute atomic E-state index is 11.6. The smallest absolute Gasteiger partial charge is 0.363 e. The Kier molecular flexibility index (Phi) is 4.06. The van der Waals surface area contributed by atoms with Gasteiger partial charge in [-0.1, -0.05) is 18.2 Å². The average molecular weight is 238 g/mol. The molecule has 92 valence electrons. The molecule has 1 aromatic rings. The molecule has 0 saturated heterocycles. The number of nitrogens with one attached hydrogen (secondary N) is 2. The number of quaternary nitrogens is 1. The number of likely N-dealkylation sites (N-methyl/N-ethyl adjacent to an activating group) is 1. The van der Waals surface area contributed by atoms with Gasteiger partial charge >= 0.3 is 12.0 Å². The number of carbonyl (C=O) groups is 2. The fourth-order valence-electron chi connectivity index (χ4n) is 1.33. The molecule has 0 aliphatic carbocycles. The van der Waals surface area contributed by atoms with Gasteiger partial charge in [0.1, 0.15) is 0 Å². The first-order chi connectivity index (χ1) is 7.89. The van der Waals surface area contributed by atoms with E-state index >= 15 is 0 Å². The summed E-state index contributed by atoms with van der Waals surface area (Å²) in [7, 11) is 3.19. The lowest BCUT2D eigenvalue weighted by atomic mass is 10.3. The van der Waals surface area contributed by atoms with Crippen molar-refractivity contribution in [2.24, 2.45) is 0 Å². The minimum Gasteiger partial charge on any atom is -0.477 e. The van der Waals surface area contributed by atoms with Crippen molar-refractivity contribution in [3.05, 3.63) is 30.3 Å². The molecule has 0 aliphatic heterocycles. The summed E-state index contributed by atoms with van der Waals surface area (Å²) >= 11 is 0. The summed E-state index contributed by atoms with van der Waals surface area (Å²) < 4.78 is -0.131. The molecular formula is C11H16N3O3+. The van der Waals surface area contributed by atoms with Crippen molar-refractivity contribution in [1.82, 2.24) is 5.43 Å². The molecule has 0 aliphatic rings. The summed E-state index contributed by atoms with van der Waals surface area (Å²) in [5.74, 6) is -0.977. The molecule has 1 rings (SSSR count). The van der Waals surface area contributed by atoms with Crippen LogP contribution in [0.2, 0.25) is 0 Å². The van der Waals surface area contributed by atoms with E-state index < -0.39 is 12.0 Å². The fraction of sp³-hybridized carbons (Fsp3) is 0.273. The number of hydrogen-bond acceptors (Lipinski definition) is 2. The highest BCUT2D eigenvalue weighted by atomic mass is 16.4. The van der Waals surface area contributed by atoms with Crippen molar-refractivity contribution < 1.29 is 19.3 Å². The van der Waals surface area contributed by atoms with Crippen LogP contribution < -0.4 is 10.7 Å². The lowest BCUT2D eigenvalue weighted by Gasteiger charge is -2.26. The molecule has 0 bridgehead atoms. The van der Waals surface area contributed by atoms with Crippen LogP contribution in [0.4, 0.5) is 10.5 Å². The topological polar surface area (TPSA) is 78.4 Å². The molecule has 0 heterocycles. The van der Waals surface area contributed by atoms with Crippen molar-refractivity contribution in [3.63, 3.8) is 0 Å². The first-order valence-corrected chi connectivity index (χ1v) is 5.08. The maximum atomic E-state index is 11.6. The fourth-order valence-corrected chi connectivity index (χ4v) is 1.33. The van der Waals surface area contributed by atoms with Crippen LogP contribution >= 0.6 is 0 Å². The van der Waals surface area contributed by atoms with Crippen LogP contribution in [0.5, 0.6) is 0 Å². The van der Waals surface area contributed by atoms with Crippen LogP contribution in [0.1, 0.15) is 0 Å². The van der Waals surface area contributed by atoms with Crippen LogP contribution in [0.3, 0.4) is 0 Å².